The Balaban J connectivity index is 0.00000180. The fourth-order valence-electron chi connectivity index (χ4n) is 2.50. The van der Waals surface area contributed by atoms with E-state index in [9.17, 15) is 4.79 Å². The highest BCUT2D eigenvalue weighted by Gasteiger charge is 2.11. The lowest BCUT2D eigenvalue weighted by atomic mass is 10.1. The molecule has 1 aromatic heterocycles. The summed E-state index contributed by atoms with van der Waals surface area (Å²) >= 11 is 0. The molecule has 5 heteroatoms. The minimum atomic E-state index is -0.0253. The summed E-state index contributed by atoms with van der Waals surface area (Å²) in [4.78, 5) is 14.5. The van der Waals surface area contributed by atoms with Gasteiger partial charge in [0.15, 0.2) is 0 Å². The molecule has 0 spiro atoms. The van der Waals surface area contributed by atoms with E-state index in [0.29, 0.717) is 18.3 Å². The van der Waals surface area contributed by atoms with E-state index in [1.54, 1.807) is 12.3 Å². The molecule has 1 fully saturated rings. The zero-order valence-corrected chi connectivity index (χ0v) is 12.1. The second kappa shape index (κ2) is 8.99. The molecule has 3 N–H and O–H groups in total. The van der Waals surface area contributed by atoms with E-state index in [0.717, 1.165) is 6.54 Å². The number of aromatic amines is 1. The van der Waals surface area contributed by atoms with E-state index in [4.69, 9.17) is 0 Å². The Bertz CT molecular complexity index is 346. The Kier molecular flexibility index (Phi) is 7.60. The second-order valence-corrected chi connectivity index (χ2v) is 4.98. The number of amides is 1. The van der Waals surface area contributed by atoms with Gasteiger partial charge in [0.25, 0.3) is 5.91 Å². The van der Waals surface area contributed by atoms with Crippen LogP contribution in [0.5, 0.6) is 0 Å². The van der Waals surface area contributed by atoms with Gasteiger partial charge in [-0.15, -0.1) is 12.4 Å². The lowest BCUT2D eigenvalue weighted by Crippen LogP contribution is -2.36. The van der Waals surface area contributed by atoms with E-state index in [1.165, 1.54) is 38.5 Å². The number of carbonyl (C=O) groups is 1. The number of carbonyl (C=O) groups excluding carboxylic acids is 1. The first-order valence-electron chi connectivity index (χ1n) is 7.01. The molecule has 1 saturated carbocycles. The zero-order chi connectivity index (χ0) is 12.6. The molecule has 0 aromatic carbocycles. The number of hydrogen-bond donors (Lipinski definition) is 3. The van der Waals surface area contributed by atoms with Gasteiger partial charge in [-0.1, -0.05) is 25.7 Å². The van der Waals surface area contributed by atoms with Crippen LogP contribution in [0.15, 0.2) is 18.3 Å². The standard InChI is InChI=1S/C14H23N3O.ClH/c18-14(13-8-5-9-16-13)17-11-10-15-12-6-3-1-2-4-7-12;/h5,8-9,12,15-16H,1-4,6-7,10-11H2,(H,17,18);1H. The first-order valence-corrected chi connectivity index (χ1v) is 7.01. The summed E-state index contributed by atoms with van der Waals surface area (Å²) in [5, 5.41) is 6.44. The van der Waals surface area contributed by atoms with Crippen molar-refractivity contribution in [1.82, 2.24) is 15.6 Å². The summed E-state index contributed by atoms with van der Waals surface area (Å²) in [6.07, 6.45) is 9.76. The van der Waals surface area contributed by atoms with Crippen LogP contribution in [0.25, 0.3) is 0 Å². The number of H-pyrrole nitrogens is 1. The molecule has 0 saturated heterocycles. The highest BCUT2D eigenvalue weighted by atomic mass is 35.5. The molecule has 0 radical (unpaired) electrons. The van der Waals surface area contributed by atoms with E-state index in [2.05, 4.69) is 15.6 Å². The van der Waals surface area contributed by atoms with Crippen LogP contribution in [0.4, 0.5) is 0 Å². The molecule has 108 valence electrons. The minimum Gasteiger partial charge on any atom is -0.357 e. The maximum absolute atomic E-state index is 11.6. The number of hydrogen-bond acceptors (Lipinski definition) is 2. The number of nitrogens with one attached hydrogen (secondary N) is 3. The highest BCUT2D eigenvalue weighted by Crippen LogP contribution is 2.16. The number of aromatic nitrogens is 1. The Labute approximate surface area is 121 Å². The third kappa shape index (κ3) is 5.66. The van der Waals surface area contributed by atoms with Crippen LogP contribution in [0.3, 0.4) is 0 Å². The van der Waals surface area contributed by atoms with E-state index >= 15 is 0 Å². The van der Waals surface area contributed by atoms with Gasteiger partial charge in [-0.3, -0.25) is 4.79 Å². The Morgan fingerprint density at radius 1 is 1.21 bits per heavy atom. The van der Waals surface area contributed by atoms with Crippen LogP contribution in [0.1, 0.15) is 49.0 Å². The smallest absolute Gasteiger partial charge is 0.267 e. The van der Waals surface area contributed by atoms with Crippen molar-refractivity contribution >= 4 is 18.3 Å². The summed E-state index contributed by atoms with van der Waals surface area (Å²) in [6.45, 7) is 1.55. The Morgan fingerprint density at radius 2 is 1.95 bits per heavy atom. The van der Waals surface area contributed by atoms with Gasteiger partial charge in [-0.2, -0.15) is 0 Å². The molecule has 1 heterocycles. The summed E-state index contributed by atoms with van der Waals surface area (Å²) in [5.41, 5.74) is 0.629. The van der Waals surface area contributed by atoms with Crippen LogP contribution in [-0.2, 0) is 0 Å². The minimum absolute atomic E-state index is 0. The van der Waals surface area contributed by atoms with Crippen molar-refractivity contribution in [3.63, 3.8) is 0 Å². The summed E-state index contributed by atoms with van der Waals surface area (Å²) in [5.74, 6) is -0.0253. The van der Waals surface area contributed by atoms with Crippen LogP contribution >= 0.6 is 12.4 Å². The van der Waals surface area contributed by atoms with Gasteiger partial charge in [0.2, 0.25) is 0 Å². The van der Waals surface area contributed by atoms with Crippen molar-refractivity contribution in [3.8, 4) is 0 Å². The molecule has 1 aliphatic carbocycles. The van der Waals surface area contributed by atoms with Crippen LogP contribution in [0.2, 0.25) is 0 Å². The molecule has 0 unspecified atom stereocenters. The van der Waals surface area contributed by atoms with Crippen molar-refractivity contribution < 1.29 is 4.79 Å². The molecule has 0 aliphatic heterocycles. The average molecular weight is 286 g/mol. The monoisotopic (exact) mass is 285 g/mol. The third-order valence-corrected chi connectivity index (χ3v) is 3.54. The SMILES string of the molecule is Cl.O=C(NCCNC1CCCCCC1)c1ccc[nH]1. The fourth-order valence-corrected chi connectivity index (χ4v) is 2.50. The Morgan fingerprint density at radius 3 is 2.58 bits per heavy atom. The van der Waals surface area contributed by atoms with Crippen LogP contribution in [0, 0.1) is 0 Å². The average Bonchev–Trinajstić information content (AvgIpc) is 2.80. The van der Waals surface area contributed by atoms with Gasteiger partial charge in [-0.25, -0.2) is 0 Å². The van der Waals surface area contributed by atoms with Gasteiger partial charge in [-0.05, 0) is 25.0 Å². The normalized spacial score (nSPS) is 16.4. The van der Waals surface area contributed by atoms with Crippen molar-refractivity contribution in [2.24, 2.45) is 0 Å². The van der Waals surface area contributed by atoms with Gasteiger partial charge in [0, 0.05) is 25.3 Å². The molecule has 19 heavy (non-hydrogen) atoms. The second-order valence-electron chi connectivity index (χ2n) is 4.98. The van der Waals surface area contributed by atoms with E-state index < -0.39 is 0 Å². The van der Waals surface area contributed by atoms with E-state index in [-0.39, 0.29) is 18.3 Å². The molecule has 2 rings (SSSR count). The lowest BCUT2D eigenvalue weighted by molar-refractivity contribution is 0.0949. The highest BCUT2D eigenvalue weighted by molar-refractivity contribution is 5.92. The predicted octanol–water partition coefficient (Wildman–Crippen LogP) is 2.48. The Hall–Kier alpha value is -1.00. The molecular formula is C14H24ClN3O. The molecular weight excluding hydrogens is 262 g/mol. The molecule has 0 bridgehead atoms. The zero-order valence-electron chi connectivity index (χ0n) is 11.3. The first kappa shape index (κ1) is 16.1. The fraction of sp³-hybridized carbons (Fsp3) is 0.643. The maximum Gasteiger partial charge on any atom is 0.267 e. The topological polar surface area (TPSA) is 56.9 Å². The lowest BCUT2D eigenvalue weighted by Gasteiger charge is -2.16. The summed E-state index contributed by atoms with van der Waals surface area (Å²) in [6, 6.07) is 4.27. The maximum atomic E-state index is 11.6. The summed E-state index contributed by atoms with van der Waals surface area (Å²) in [7, 11) is 0. The molecule has 4 nitrogen and oxygen atoms in total. The number of halogens is 1. The molecule has 1 aliphatic rings. The largest absolute Gasteiger partial charge is 0.357 e. The van der Waals surface area contributed by atoms with Gasteiger partial charge in [0.05, 0.1) is 0 Å². The van der Waals surface area contributed by atoms with Crippen molar-refractivity contribution in [1.29, 1.82) is 0 Å². The molecule has 0 atom stereocenters. The predicted molar refractivity (Wildman–Crippen MR) is 79.9 cm³/mol. The van der Waals surface area contributed by atoms with Gasteiger partial charge in [0.1, 0.15) is 5.69 Å². The quantitative estimate of drug-likeness (QED) is 0.575. The van der Waals surface area contributed by atoms with Crippen LogP contribution in [-0.4, -0.2) is 30.0 Å². The van der Waals surface area contributed by atoms with Gasteiger partial charge >= 0.3 is 0 Å². The van der Waals surface area contributed by atoms with Crippen molar-refractivity contribution in [2.45, 2.75) is 44.6 Å². The van der Waals surface area contributed by atoms with E-state index in [1.807, 2.05) is 6.07 Å². The first-order chi connectivity index (χ1) is 8.86. The summed E-state index contributed by atoms with van der Waals surface area (Å²) < 4.78 is 0. The van der Waals surface area contributed by atoms with Crippen molar-refractivity contribution in [2.75, 3.05) is 13.1 Å². The molecule has 1 aromatic rings. The van der Waals surface area contributed by atoms with Gasteiger partial charge < -0.3 is 15.6 Å². The van der Waals surface area contributed by atoms with Crippen molar-refractivity contribution in [3.05, 3.63) is 24.0 Å². The third-order valence-electron chi connectivity index (χ3n) is 3.54. The molecule has 1 amide bonds. The van der Waals surface area contributed by atoms with Crippen LogP contribution < -0.4 is 10.6 Å². The number of rotatable bonds is 5.